The fourth-order valence-corrected chi connectivity index (χ4v) is 2.55. The summed E-state index contributed by atoms with van der Waals surface area (Å²) in [5.74, 6) is 13.6. The van der Waals surface area contributed by atoms with Gasteiger partial charge in [0.1, 0.15) is 0 Å². The van der Waals surface area contributed by atoms with Gasteiger partial charge in [0.2, 0.25) is 5.60 Å². The van der Waals surface area contributed by atoms with Gasteiger partial charge in [0.05, 0.1) is 12.5 Å². The zero-order chi connectivity index (χ0) is 20.5. The number of hydrogen-bond donors (Lipinski definition) is 1. The average molecular weight is 370 g/mol. The van der Waals surface area contributed by atoms with Crippen molar-refractivity contribution in [1.82, 2.24) is 0 Å². The van der Waals surface area contributed by atoms with Crippen molar-refractivity contribution in [3.8, 4) is 36.0 Å². The van der Waals surface area contributed by atoms with Crippen LogP contribution in [0.2, 0.25) is 0 Å². The fourth-order valence-electron chi connectivity index (χ4n) is 2.55. The number of hydrogen-bond acceptors (Lipinski definition) is 3. The summed E-state index contributed by atoms with van der Waals surface area (Å²) in [4.78, 5) is 12.3. The zero-order valence-corrected chi connectivity index (χ0v) is 16.0. The zero-order valence-electron chi connectivity index (χ0n) is 16.0. The first-order chi connectivity index (χ1) is 13.4. The first-order valence-corrected chi connectivity index (χ1v) is 8.81. The van der Waals surface area contributed by atoms with Gasteiger partial charge in [-0.25, -0.2) is 0 Å². The molecular weight excluding hydrogens is 348 g/mol. The Labute approximate surface area is 166 Å². The smallest absolute Gasteiger partial charge is 0.313 e. The summed E-state index contributed by atoms with van der Waals surface area (Å²) in [5.41, 5.74) is -1.27. The quantitative estimate of drug-likeness (QED) is 0.662. The predicted octanol–water partition coefficient (Wildman–Crippen LogP) is 3.52. The Hall–Kier alpha value is -3.45. The molecule has 0 aliphatic carbocycles. The van der Waals surface area contributed by atoms with Crippen molar-refractivity contribution in [3.63, 3.8) is 0 Å². The van der Waals surface area contributed by atoms with Crippen molar-refractivity contribution < 1.29 is 14.6 Å². The van der Waals surface area contributed by atoms with Crippen molar-refractivity contribution in [2.75, 3.05) is 7.11 Å². The molecule has 2 aromatic rings. The third kappa shape index (κ3) is 5.28. The number of carbonyl (C=O) groups is 1. The maximum atomic E-state index is 12.3. The molecule has 140 valence electrons. The van der Waals surface area contributed by atoms with Crippen LogP contribution in [0.15, 0.2) is 60.7 Å². The second-order valence-corrected chi connectivity index (χ2v) is 6.60. The fraction of sp³-hybridized carbons (Fsp3) is 0.240. The molecule has 0 heterocycles. The summed E-state index contributed by atoms with van der Waals surface area (Å²) >= 11 is 0. The Morgan fingerprint density at radius 1 is 1.04 bits per heavy atom. The van der Waals surface area contributed by atoms with Crippen LogP contribution in [-0.4, -0.2) is 18.2 Å². The van der Waals surface area contributed by atoms with Crippen LogP contribution in [0.5, 0.6) is 0 Å². The lowest BCUT2D eigenvalue weighted by molar-refractivity contribution is -0.151. The molecule has 0 saturated carbocycles. The number of terminal acetylenes is 1. The molecule has 1 N–H and O–H groups in total. The maximum absolute atomic E-state index is 12.3. The van der Waals surface area contributed by atoms with Crippen molar-refractivity contribution in [3.05, 3.63) is 71.8 Å². The Kier molecular flexibility index (Phi) is 7.06. The normalized spacial score (nSPS) is 13.9. The summed E-state index contributed by atoms with van der Waals surface area (Å²) in [6.07, 6.45) is 5.92. The van der Waals surface area contributed by atoms with Gasteiger partial charge in [-0.15, -0.1) is 6.42 Å². The van der Waals surface area contributed by atoms with Gasteiger partial charge in [-0.05, 0) is 25.0 Å². The van der Waals surface area contributed by atoms with E-state index in [0.717, 1.165) is 5.56 Å². The number of methoxy groups -OCH3 is 1. The van der Waals surface area contributed by atoms with Crippen LogP contribution < -0.4 is 0 Å². The molecular formula is C25H22O3. The first-order valence-electron chi connectivity index (χ1n) is 8.81. The molecule has 0 aromatic heterocycles. The summed E-state index contributed by atoms with van der Waals surface area (Å²) in [7, 11) is 1.33. The highest BCUT2D eigenvalue weighted by atomic mass is 16.5. The summed E-state index contributed by atoms with van der Waals surface area (Å²) in [6, 6.07) is 18.3. The second-order valence-electron chi connectivity index (χ2n) is 6.60. The Balaban J connectivity index is 2.21. The van der Waals surface area contributed by atoms with E-state index >= 15 is 0 Å². The standard InChI is InChI=1S/C25H22O3/c1-4-25(27,22-16-9-6-10-17-22)20-12-19-24(2,23(26)28-3)18-11-15-21-13-7-5-8-14-21/h1,5-10,13-14,16-17,27H,18-19H2,2-3H3. The number of benzene rings is 2. The highest BCUT2D eigenvalue weighted by Gasteiger charge is 2.33. The van der Waals surface area contributed by atoms with Crippen LogP contribution in [0.25, 0.3) is 0 Å². The molecule has 0 aliphatic rings. The molecule has 0 saturated heterocycles. The number of aliphatic hydroxyl groups is 1. The lowest BCUT2D eigenvalue weighted by Gasteiger charge is -2.22. The summed E-state index contributed by atoms with van der Waals surface area (Å²) < 4.78 is 4.93. The van der Waals surface area contributed by atoms with Crippen molar-refractivity contribution in [2.45, 2.75) is 25.4 Å². The van der Waals surface area contributed by atoms with Crippen molar-refractivity contribution >= 4 is 5.97 Å². The molecule has 0 aliphatic heterocycles. The van der Waals surface area contributed by atoms with E-state index in [9.17, 15) is 9.90 Å². The molecule has 0 amide bonds. The van der Waals surface area contributed by atoms with E-state index in [-0.39, 0.29) is 12.8 Å². The maximum Gasteiger partial charge on any atom is 0.313 e. The SMILES string of the molecule is C#CC(O)(C#CCC(C)(CC#Cc1ccccc1)C(=O)OC)c1ccccc1. The third-order valence-electron chi connectivity index (χ3n) is 4.31. The van der Waals surface area contributed by atoms with Crippen LogP contribution in [0.4, 0.5) is 0 Å². The lowest BCUT2D eigenvalue weighted by Crippen LogP contribution is -2.28. The molecule has 28 heavy (non-hydrogen) atoms. The highest BCUT2D eigenvalue weighted by molar-refractivity contribution is 5.77. The van der Waals surface area contributed by atoms with Gasteiger partial charge < -0.3 is 9.84 Å². The third-order valence-corrected chi connectivity index (χ3v) is 4.31. The average Bonchev–Trinajstić information content (AvgIpc) is 2.74. The van der Waals surface area contributed by atoms with Crippen LogP contribution in [0.1, 0.15) is 30.9 Å². The second kappa shape index (κ2) is 9.48. The minimum absolute atomic E-state index is 0.153. The van der Waals surface area contributed by atoms with E-state index < -0.39 is 17.0 Å². The molecule has 0 spiro atoms. The number of esters is 1. The number of rotatable bonds is 4. The molecule has 2 rings (SSSR count). The van der Waals surface area contributed by atoms with Crippen molar-refractivity contribution in [2.24, 2.45) is 5.41 Å². The van der Waals surface area contributed by atoms with Gasteiger partial charge in [0, 0.05) is 24.0 Å². The van der Waals surface area contributed by atoms with E-state index in [0.29, 0.717) is 5.56 Å². The van der Waals surface area contributed by atoms with E-state index in [1.54, 1.807) is 31.2 Å². The van der Waals surface area contributed by atoms with E-state index in [2.05, 4.69) is 29.6 Å². The molecule has 0 fully saturated rings. The predicted molar refractivity (Wildman–Crippen MR) is 110 cm³/mol. The molecule has 3 nitrogen and oxygen atoms in total. The summed E-state index contributed by atoms with van der Waals surface area (Å²) in [6.45, 7) is 1.74. The van der Waals surface area contributed by atoms with E-state index in [1.165, 1.54) is 7.11 Å². The highest BCUT2D eigenvalue weighted by Crippen LogP contribution is 2.27. The molecule has 2 aromatic carbocycles. The van der Waals surface area contributed by atoms with Crippen LogP contribution in [0.3, 0.4) is 0 Å². The van der Waals surface area contributed by atoms with Crippen LogP contribution in [-0.2, 0) is 15.1 Å². The van der Waals surface area contributed by atoms with Crippen LogP contribution in [0, 0.1) is 41.4 Å². The molecule has 2 atom stereocenters. The van der Waals surface area contributed by atoms with Gasteiger partial charge >= 0.3 is 5.97 Å². The largest absolute Gasteiger partial charge is 0.469 e. The van der Waals surface area contributed by atoms with Crippen LogP contribution >= 0.6 is 0 Å². The van der Waals surface area contributed by atoms with Gasteiger partial charge in [-0.3, -0.25) is 4.79 Å². The topological polar surface area (TPSA) is 46.5 Å². The van der Waals surface area contributed by atoms with Crippen molar-refractivity contribution in [1.29, 1.82) is 0 Å². The van der Waals surface area contributed by atoms with E-state index in [4.69, 9.17) is 11.2 Å². The monoisotopic (exact) mass is 370 g/mol. The van der Waals surface area contributed by atoms with Gasteiger partial charge in [-0.1, -0.05) is 72.2 Å². The molecule has 0 radical (unpaired) electrons. The minimum atomic E-state index is -1.71. The summed E-state index contributed by atoms with van der Waals surface area (Å²) in [5, 5.41) is 10.7. The number of carbonyl (C=O) groups excluding carboxylic acids is 1. The molecule has 2 unspecified atom stereocenters. The Bertz CT molecular complexity index is 965. The van der Waals surface area contributed by atoms with E-state index in [1.807, 2.05) is 36.4 Å². The van der Waals surface area contributed by atoms with Gasteiger partial charge in [0.15, 0.2) is 0 Å². The van der Waals surface area contributed by atoms with Gasteiger partial charge in [0.25, 0.3) is 0 Å². The Morgan fingerprint density at radius 2 is 1.61 bits per heavy atom. The lowest BCUT2D eigenvalue weighted by atomic mass is 9.83. The molecule has 3 heteroatoms. The van der Waals surface area contributed by atoms with Gasteiger partial charge in [-0.2, -0.15) is 0 Å². The number of ether oxygens (including phenoxy) is 1. The Morgan fingerprint density at radius 3 is 2.18 bits per heavy atom. The minimum Gasteiger partial charge on any atom is -0.469 e. The first kappa shape index (κ1) is 20.9. The molecule has 0 bridgehead atoms.